The van der Waals surface area contributed by atoms with Crippen LogP contribution in [0.2, 0.25) is 0 Å². The van der Waals surface area contributed by atoms with Crippen molar-refractivity contribution in [2.75, 3.05) is 11.9 Å². The molecular formula is C24H31N5O5S. The number of urea groups is 1. The molecule has 0 fully saturated rings. The number of esters is 1. The van der Waals surface area contributed by atoms with Crippen LogP contribution >= 0.6 is 0 Å². The van der Waals surface area contributed by atoms with Crippen LogP contribution < -0.4 is 10.7 Å². The van der Waals surface area contributed by atoms with Gasteiger partial charge >= 0.3 is 12.0 Å². The molecule has 11 heteroatoms. The van der Waals surface area contributed by atoms with Gasteiger partial charge in [0.25, 0.3) is 10.0 Å². The molecule has 2 aromatic carbocycles. The number of nitrogens with one attached hydrogen (secondary N) is 2. The second kappa shape index (κ2) is 12.7. The normalized spacial score (nSPS) is 13.1. The number of ether oxygens (including phenoxy) is 1. The zero-order valence-electron chi connectivity index (χ0n) is 20.5. The van der Waals surface area contributed by atoms with Crippen molar-refractivity contribution in [3.8, 4) is 0 Å². The Kier molecular flexibility index (Phi) is 9.95. The fraction of sp³-hybridized carbons (Fsp3) is 0.333. The maximum atomic E-state index is 13.6. The van der Waals surface area contributed by atoms with Crippen LogP contribution in [0.25, 0.3) is 0 Å². The summed E-state index contributed by atoms with van der Waals surface area (Å²) in [6, 6.07) is 12.7. The van der Waals surface area contributed by atoms with E-state index in [1.54, 1.807) is 56.3 Å². The number of para-hydroxylation sites is 1. The first-order valence-corrected chi connectivity index (χ1v) is 12.5. The van der Waals surface area contributed by atoms with Crippen LogP contribution in [0.4, 0.5) is 10.5 Å². The van der Waals surface area contributed by atoms with Gasteiger partial charge in [-0.25, -0.2) is 15.0 Å². The summed E-state index contributed by atoms with van der Waals surface area (Å²) in [5.41, 5.74) is 4.13. The van der Waals surface area contributed by atoms with E-state index in [2.05, 4.69) is 20.9 Å². The van der Waals surface area contributed by atoms with Gasteiger partial charge in [0.15, 0.2) is 0 Å². The predicted octanol–water partition coefficient (Wildman–Crippen LogP) is 3.90. The fourth-order valence-electron chi connectivity index (χ4n) is 2.83. The Bertz CT molecular complexity index is 1180. The number of nitrogens with zero attached hydrogens (tertiary/aromatic N) is 3. The number of aryl methyl sites for hydroxylation is 1. The fourth-order valence-corrected chi connectivity index (χ4v) is 4.29. The van der Waals surface area contributed by atoms with Crippen LogP contribution in [0, 0.1) is 6.92 Å². The highest BCUT2D eigenvalue weighted by molar-refractivity contribution is 7.89. The van der Waals surface area contributed by atoms with E-state index in [0.717, 1.165) is 5.56 Å². The molecule has 2 aromatic rings. The zero-order chi connectivity index (χ0) is 26.0. The molecule has 35 heavy (non-hydrogen) atoms. The van der Waals surface area contributed by atoms with E-state index in [0.29, 0.717) is 22.2 Å². The summed E-state index contributed by atoms with van der Waals surface area (Å²) in [7, 11) is -4.28. The van der Waals surface area contributed by atoms with E-state index in [9.17, 15) is 18.0 Å². The van der Waals surface area contributed by atoms with E-state index in [1.807, 2.05) is 13.8 Å². The van der Waals surface area contributed by atoms with Gasteiger partial charge in [0.2, 0.25) is 6.04 Å². The second-order valence-corrected chi connectivity index (χ2v) is 9.41. The van der Waals surface area contributed by atoms with Crippen LogP contribution in [0.1, 0.15) is 39.7 Å². The molecule has 188 valence electrons. The summed E-state index contributed by atoms with van der Waals surface area (Å²) >= 11 is 0. The van der Waals surface area contributed by atoms with E-state index in [1.165, 1.54) is 19.1 Å². The Morgan fingerprint density at radius 2 is 1.66 bits per heavy atom. The van der Waals surface area contributed by atoms with Gasteiger partial charge < -0.3 is 10.1 Å². The molecule has 2 amide bonds. The number of sulfonamides is 1. The molecule has 0 aliphatic heterocycles. The van der Waals surface area contributed by atoms with E-state index in [4.69, 9.17) is 4.74 Å². The maximum Gasteiger partial charge on any atom is 0.339 e. The lowest BCUT2D eigenvalue weighted by Gasteiger charge is -2.27. The SMILES string of the molecule is CCOC(=O)C(/C(C)=N/NC(=O)Nc1ccccc1)N(/N=C(\C)CC)S(=O)(=O)c1ccc(C)cc1. The van der Waals surface area contributed by atoms with Crippen LogP contribution in [0.5, 0.6) is 0 Å². The monoisotopic (exact) mass is 501 g/mol. The molecule has 0 saturated carbocycles. The molecule has 1 unspecified atom stereocenters. The highest BCUT2D eigenvalue weighted by atomic mass is 32.2. The number of hydrazone groups is 2. The third-order valence-corrected chi connectivity index (χ3v) is 6.49. The van der Waals surface area contributed by atoms with Crippen molar-refractivity contribution in [2.45, 2.75) is 52.0 Å². The summed E-state index contributed by atoms with van der Waals surface area (Å²) in [6.07, 6.45) is 0.448. The van der Waals surface area contributed by atoms with Gasteiger partial charge in [-0.3, -0.25) is 0 Å². The lowest BCUT2D eigenvalue weighted by Crippen LogP contribution is -2.48. The van der Waals surface area contributed by atoms with Gasteiger partial charge in [0.1, 0.15) is 0 Å². The Hall–Kier alpha value is -3.73. The molecule has 0 heterocycles. The lowest BCUT2D eigenvalue weighted by atomic mass is 10.2. The molecule has 0 saturated heterocycles. The topological polar surface area (TPSA) is 130 Å². The van der Waals surface area contributed by atoms with Gasteiger partial charge in [-0.1, -0.05) is 42.8 Å². The number of hydrogen-bond donors (Lipinski definition) is 2. The highest BCUT2D eigenvalue weighted by Gasteiger charge is 2.39. The average Bonchev–Trinajstić information content (AvgIpc) is 2.83. The number of hydrogen-bond acceptors (Lipinski definition) is 7. The molecular weight excluding hydrogens is 470 g/mol. The maximum absolute atomic E-state index is 13.6. The largest absolute Gasteiger partial charge is 0.464 e. The average molecular weight is 502 g/mol. The Labute approximate surface area is 206 Å². The minimum absolute atomic E-state index is 0.0133. The minimum Gasteiger partial charge on any atom is -0.464 e. The quantitative estimate of drug-likeness (QED) is 0.290. The van der Waals surface area contributed by atoms with Crippen molar-refractivity contribution in [3.05, 3.63) is 60.2 Å². The van der Waals surface area contributed by atoms with Gasteiger partial charge in [-0.15, -0.1) is 0 Å². The first kappa shape index (κ1) is 27.5. The third-order valence-electron chi connectivity index (χ3n) is 4.84. The molecule has 1 atom stereocenters. The van der Waals surface area contributed by atoms with Gasteiger partial charge in [-0.05, 0) is 58.4 Å². The number of carbonyl (C=O) groups excluding carboxylic acids is 2. The molecule has 0 aromatic heterocycles. The molecule has 0 aliphatic rings. The number of anilines is 1. The molecule has 0 aliphatic carbocycles. The lowest BCUT2D eigenvalue weighted by molar-refractivity contribution is -0.145. The summed E-state index contributed by atoms with van der Waals surface area (Å²) in [6.45, 7) is 8.33. The Balaban J connectivity index is 2.48. The summed E-state index contributed by atoms with van der Waals surface area (Å²) in [5.74, 6) is -0.873. The van der Waals surface area contributed by atoms with Crippen molar-refractivity contribution in [1.29, 1.82) is 0 Å². The van der Waals surface area contributed by atoms with Crippen molar-refractivity contribution in [3.63, 3.8) is 0 Å². The van der Waals surface area contributed by atoms with Crippen molar-refractivity contribution >= 4 is 39.1 Å². The number of rotatable bonds is 10. The van der Waals surface area contributed by atoms with Crippen LogP contribution in [0.15, 0.2) is 69.7 Å². The predicted molar refractivity (Wildman–Crippen MR) is 136 cm³/mol. The van der Waals surface area contributed by atoms with E-state index in [-0.39, 0.29) is 17.2 Å². The Morgan fingerprint density at radius 1 is 1.03 bits per heavy atom. The van der Waals surface area contributed by atoms with Crippen molar-refractivity contribution in [1.82, 2.24) is 9.84 Å². The molecule has 0 spiro atoms. The smallest absolute Gasteiger partial charge is 0.339 e. The molecule has 2 rings (SSSR count). The summed E-state index contributed by atoms with van der Waals surface area (Å²) in [5, 5.41) is 10.8. The first-order chi connectivity index (χ1) is 16.6. The summed E-state index contributed by atoms with van der Waals surface area (Å²) in [4.78, 5) is 25.2. The first-order valence-electron chi connectivity index (χ1n) is 11.1. The highest BCUT2D eigenvalue weighted by Crippen LogP contribution is 2.22. The van der Waals surface area contributed by atoms with E-state index >= 15 is 0 Å². The van der Waals surface area contributed by atoms with Crippen molar-refractivity contribution in [2.24, 2.45) is 10.2 Å². The molecule has 0 radical (unpaired) electrons. The van der Waals surface area contributed by atoms with Gasteiger partial charge in [0.05, 0.1) is 17.2 Å². The van der Waals surface area contributed by atoms with Crippen molar-refractivity contribution < 1.29 is 22.7 Å². The number of benzene rings is 2. The van der Waals surface area contributed by atoms with Crippen LogP contribution in [-0.2, 0) is 19.6 Å². The van der Waals surface area contributed by atoms with Crippen LogP contribution in [-0.4, -0.2) is 48.9 Å². The second-order valence-electron chi connectivity index (χ2n) is 7.62. The van der Waals surface area contributed by atoms with E-state index < -0.39 is 28.1 Å². The third kappa shape index (κ3) is 7.64. The van der Waals surface area contributed by atoms with Gasteiger partial charge in [0, 0.05) is 11.4 Å². The minimum atomic E-state index is -4.28. The summed E-state index contributed by atoms with van der Waals surface area (Å²) < 4.78 is 33.0. The zero-order valence-corrected chi connectivity index (χ0v) is 21.3. The number of carbonyl (C=O) groups is 2. The Morgan fingerprint density at radius 3 is 2.23 bits per heavy atom. The van der Waals surface area contributed by atoms with Gasteiger partial charge in [-0.2, -0.15) is 23.0 Å². The van der Waals surface area contributed by atoms with Crippen LogP contribution in [0.3, 0.4) is 0 Å². The molecule has 10 nitrogen and oxygen atoms in total. The molecule has 0 bridgehead atoms. The number of amides is 2. The molecule has 2 N–H and O–H groups in total. The standard InChI is InChI=1S/C24H31N5O5S/c1-6-18(4)28-29(35(32,33)21-15-13-17(3)14-16-21)22(23(30)34-7-2)19(5)26-27-24(31)25-20-11-9-8-10-12-20/h8-16,22H,6-7H2,1-5H3,(H2,25,27,31)/b26-19+,28-18+.